The van der Waals surface area contributed by atoms with Crippen molar-refractivity contribution in [1.29, 1.82) is 0 Å². The summed E-state index contributed by atoms with van der Waals surface area (Å²) in [4.78, 5) is 22.0. The van der Waals surface area contributed by atoms with Gasteiger partial charge in [-0.05, 0) is 29.7 Å². The molecule has 0 aliphatic rings. The maximum absolute atomic E-state index is 11.5. The summed E-state index contributed by atoms with van der Waals surface area (Å²) in [6.45, 7) is 4.54. The van der Waals surface area contributed by atoms with Gasteiger partial charge in [0.1, 0.15) is 0 Å². The first-order valence-corrected chi connectivity index (χ1v) is 6.97. The lowest BCUT2D eigenvalue weighted by molar-refractivity contribution is -0.122. The van der Waals surface area contributed by atoms with Crippen molar-refractivity contribution in [2.75, 3.05) is 20.3 Å². The highest BCUT2D eigenvalue weighted by Crippen LogP contribution is 2.28. The zero-order valence-corrected chi connectivity index (χ0v) is 13.1. The third-order valence-electron chi connectivity index (χ3n) is 2.62. The molecule has 1 aromatic rings. The molecular weight excluding hydrogens is 284 g/mol. The van der Waals surface area contributed by atoms with Crippen LogP contribution in [0, 0.1) is 5.92 Å². The van der Waals surface area contributed by atoms with Gasteiger partial charge in [0.25, 0.3) is 0 Å². The van der Waals surface area contributed by atoms with Gasteiger partial charge in [-0.15, -0.1) is 0 Å². The molecule has 0 saturated heterocycles. The number of rotatable bonds is 8. The zero-order valence-electron chi connectivity index (χ0n) is 13.1. The Bertz CT molecular complexity index is 553. The fourth-order valence-corrected chi connectivity index (χ4v) is 1.57. The van der Waals surface area contributed by atoms with Crippen molar-refractivity contribution in [2.24, 2.45) is 11.7 Å². The van der Waals surface area contributed by atoms with Crippen LogP contribution in [0.1, 0.15) is 19.4 Å². The Balaban J connectivity index is 2.72. The van der Waals surface area contributed by atoms with E-state index in [0.29, 0.717) is 24.0 Å². The minimum absolute atomic E-state index is 0.186. The van der Waals surface area contributed by atoms with E-state index in [1.165, 1.54) is 6.08 Å². The molecule has 2 amide bonds. The molecular formula is C16H22N2O4. The van der Waals surface area contributed by atoms with Gasteiger partial charge in [-0.25, -0.2) is 0 Å². The van der Waals surface area contributed by atoms with E-state index in [1.807, 2.05) is 6.07 Å². The number of benzene rings is 1. The molecule has 0 heterocycles. The van der Waals surface area contributed by atoms with Gasteiger partial charge in [0.15, 0.2) is 11.5 Å². The van der Waals surface area contributed by atoms with E-state index in [1.54, 1.807) is 25.3 Å². The third-order valence-corrected chi connectivity index (χ3v) is 2.62. The van der Waals surface area contributed by atoms with E-state index in [9.17, 15) is 9.59 Å². The summed E-state index contributed by atoms with van der Waals surface area (Å²) < 4.78 is 10.9. The average Bonchev–Trinajstić information content (AvgIpc) is 2.48. The van der Waals surface area contributed by atoms with Crippen LogP contribution in [0.4, 0.5) is 0 Å². The van der Waals surface area contributed by atoms with Crippen LogP contribution in [0.25, 0.3) is 6.08 Å². The molecule has 0 fully saturated rings. The van der Waals surface area contributed by atoms with Gasteiger partial charge >= 0.3 is 0 Å². The smallest absolute Gasteiger partial charge is 0.244 e. The number of carbonyl (C=O) groups excluding carboxylic acids is 2. The van der Waals surface area contributed by atoms with Crippen LogP contribution < -0.4 is 20.5 Å². The summed E-state index contributed by atoms with van der Waals surface area (Å²) in [5.74, 6) is 0.693. The Hall–Kier alpha value is -2.50. The number of carbonyl (C=O) groups is 2. The summed E-state index contributed by atoms with van der Waals surface area (Å²) in [6, 6.07) is 5.38. The molecule has 0 unspecified atom stereocenters. The maximum atomic E-state index is 11.5. The standard InChI is InChI=1S/C16H22N2O4/c1-11(2)10-22-13-6-4-12(8-14(13)21-3)5-7-16(20)18-9-15(17)19/h4-8,11H,9-10H2,1-3H3,(H2,17,19)(H,18,20)/b7-5+. The van der Waals surface area contributed by atoms with Crippen LogP contribution in [0.2, 0.25) is 0 Å². The lowest BCUT2D eigenvalue weighted by atomic mass is 10.2. The SMILES string of the molecule is COc1cc(/C=C/C(=O)NCC(N)=O)ccc1OCC(C)C. The maximum Gasteiger partial charge on any atom is 0.244 e. The first-order chi connectivity index (χ1) is 10.4. The van der Waals surface area contributed by atoms with Crippen molar-refractivity contribution >= 4 is 17.9 Å². The number of amides is 2. The molecule has 0 radical (unpaired) electrons. The summed E-state index contributed by atoms with van der Waals surface area (Å²) in [6.07, 6.45) is 2.94. The predicted octanol–water partition coefficient (Wildman–Crippen LogP) is 1.34. The molecule has 0 saturated carbocycles. The Kier molecular flexibility index (Phi) is 6.95. The molecule has 6 nitrogen and oxygen atoms in total. The highest BCUT2D eigenvalue weighted by atomic mass is 16.5. The van der Waals surface area contributed by atoms with Crippen molar-refractivity contribution in [3.05, 3.63) is 29.8 Å². The largest absolute Gasteiger partial charge is 0.493 e. The van der Waals surface area contributed by atoms with Crippen LogP contribution >= 0.6 is 0 Å². The molecule has 6 heteroatoms. The van der Waals surface area contributed by atoms with Crippen molar-refractivity contribution in [2.45, 2.75) is 13.8 Å². The van der Waals surface area contributed by atoms with Gasteiger partial charge in [-0.1, -0.05) is 19.9 Å². The molecule has 22 heavy (non-hydrogen) atoms. The quantitative estimate of drug-likeness (QED) is 0.709. The number of hydrogen-bond acceptors (Lipinski definition) is 4. The van der Waals surface area contributed by atoms with Crippen LogP contribution in [0.5, 0.6) is 11.5 Å². The topological polar surface area (TPSA) is 90.6 Å². The van der Waals surface area contributed by atoms with Crippen LogP contribution in [0.3, 0.4) is 0 Å². The fraction of sp³-hybridized carbons (Fsp3) is 0.375. The molecule has 0 bridgehead atoms. The lowest BCUT2D eigenvalue weighted by Crippen LogP contribution is -2.32. The number of methoxy groups -OCH3 is 1. The summed E-state index contributed by atoms with van der Waals surface area (Å²) in [5.41, 5.74) is 5.72. The van der Waals surface area contributed by atoms with Crippen molar-refractivity contribution in [1.82, 2.24) is 5.32 Å². The van der Waals surface area contributed by atoms with Crippen LogP contribution in [-0.4, -0.2) is 32.1 Å². The second-order valence-electron chi connectivity index (χ2n) is 5.13. The Morgan fingerprint density at radius 3 is 2.64 bits per heavy atom. The molecule has 1 rings (SSSR count). The monoisotopic (exact) mass is 306 g/mol. The Labute approximate surface area is 130 Å². The molecule has 0 aliphatic heterocycles. The first-order valence-electron chi connectivity index (χ1n) is 6.97. The number of hydrogen-bond donors (Lipinski definition) is 2. The minimum atomic E-state index is -0.588. The molecule has 3 N–H and O–H groups in total. The fourth-order valence-electron chi connectivity index (χ4n) is 1.57. The Morgan fingerprint density at radius 1 is 1.32 bits per heavy atom. The van der Waals surface area contributed by atoms with Gasteiger partial charge in [0.2, 0.25) is 11.8 Å². The first kappa shape index (κ1) is 17.6. The van der Waals surface area contributed by atoms with Crippen LogP contribution in [0.15, 0.2) is 24.3 Å². The van der Waals surface area contributed by atoms with Gasteiger partial charge < -0.3 is 20.5 Å². The molecule has 0 aliphatic carbocycles. The van der Waals surface area contributed by atoms with Crippen LogP contribution in [-0.2, 0) is 9.59 Å². The highest BCUT2D eigenvalue weighted by molar-refractivity contribution is 5.94. The molecule has 0 atom stereocenters. The van der Waals surface area contributed by atoms with E-state index < -0.39 is 11.8 Å². The van der Waals surface area contributed by atoms with E-state index in [0.717, 1.165) is 5.56 Å². The van der Waals surface area contributed by atoms with Gasteiger partial charge in [-0.3, -0.25) is 9.59 Å². The lowest BCUT2D eigenvalue weighted by Gasteiger charge is -2.12. The predicted molar refractivity (Wildman–Crippen MR) is 84.6 cm³/mol. The highest BCUT2D eigenvalue weighted by Gasteiger charge is 2.06. The second-order valence-corrected chi connectivity index (χ2v) is 5.13. The minimum Gasteiger partial charge on any atom is -0.493 e. The van der Waals surface area contributed by atoms with Crippen molar-refractivity contribution in [3.8, 4) is 11.5 Å². The van der Waals surface area contributed by atoms with E-state index in [4.69, 9.17) is 15.2 Å². The third kappa shape index (κ3) is 6.30. The average molecular weight is 306 g/mol. The number of nitrogens with one attached hydrogen (secondary N) is 1. The summed E-state index contributed by atoms with van der Waals surface area (Å²) in [5, 5.41) is 2.37. The van der Waals surface area contributed by atoms with E-state index in [-0.39, 0.29) is 6.54 Å². The molecule has 120 valence electrons. The molecule has 0 spiro atoms. The number of ether oxygens (including phenoxy) is 2. The number of nitrogens with two attached hydrogens (primary N) is 1. The van der Waals surface area contributed by atoms with E-state index in [2.05, 4.69) is 19.2 Å². The summed E-state index contributed by atoms with van der Waals surface area (Å²) in [7, 11) is 1.56. The molecule has 1 aromatic carbocycles. The van der Waals surface area contributed by atoms with Crippen molar-refractivity contribution < 1.29 is 19.1 Å². The zero-order chi connectivity index (χ0) is 16.5. The second kappa shape index (κ2) is 8.71. The van der Waals surface area contributed by atoms with E-state index >= 15 is 0 Å². The Morgan fingerprint density at radius 2 is 2.05 bits per heavy atom. The van der Waals surface area contributed by atoms with Gasteiger partial charge in [0, 0.05) is 6.08 Å². The van der Waals surface area contributed by atoms with Gasteiger partial charge in [0.05, 0.1) is 20.3 Å². The van der Waals surface area contributed by atoms with Gasteiger partial charge in [-0.2, -0.15) is 0 Å². The number of primary amides is 1. The normalized spacial score (nSPS) is 10.7. The summed E-state index contributed by atoms with van der Waals surface area (Å²) >= 11 is 0. The molecule has 0 aromatic heterocycles. The van der Waals surface area contributed by atoms with Crippen molar-refractivity contribution in [3.63, 3.8) is 0 Å².